The van der Waals surface area contributed by atoms with Crippen molar-refractivity contribution in [3.63, 3.8) is 0 Å². The predicted molar refractivity (Wildman–Crippen MR) is 86.2 cm³/mol. The van der Waals surface area contributed by atoms with Gasteiger partial charge in [0.2, 0.25) is 0 Å². The van der Waals surface area contributed by atoms with E-state index in [-0.39, 0.29) is 5.75 Å². The molecule has 5 heteroatoms. The number of phenols is 1. The molecule has 102 valence electrons. The molecule has 2 aromatic rings. The summed E-state index contributed by atoms with van der Waals surface area (Å²) in [6.45, 7) is 2.03. The van der Waals surface area contributed by atoms with E-state index in [1.54, 1.807) is 24.4 Å². The lowest BCUT2D eigenvalue weighted by Crippen LogP contribution is -2.23. The second kappa shape index (κ2) is 6.68. The molecule has 0 unspecified atom stereocenters. The summed E-state index contributed by atoms with van der Waals surface area (Å²) in [6, 6.07) is 14.7. The third kappa shape index (κ3) is 4.37. The van der Waals surface area contributed by atoms with Crippen molar-refractivity contribution in [1.29, 1.82) is 0 Å². The maximum Gasteiger partial charge on any atom is 0.191 e. The maximum atomic E-state index is 9.32. The van der Waals surface area contributed by atoms with Crippen molar-refractivity contribution in [3.8, 4) is 5.75 Å². The molecule has 0 saturated heterocycles. The fourth-order valence-electron chi connectivity index (χ4n) is 1.57. The quantitative estimate of drug-likeness (QED) is 0.461. The molecule has 2 aromatic carbocycles. The van der Waals surface area contributed by atoms with E-state index in [0.717, 1.165) is 11.3 Å². The molecule has 20 heavy (non-hydrogen) atoms. The monoisotopic (exact) mass is 285 g/mol. The highest BCUT2D eigenvalue weighted by molar-refractivity contribution is 7.80. The first-order chi connectivity index (χ1) is 9.63. The first-order valence-electron chi connectivity index (χ1n) is 6.09. The van der Waals surface area contributed by atoms with Crippen LogP contribution in [-0.2, 0) is 0 Å². The molecular weight excluding hydrogens is 270 g/mol. The van der Waals surface area contributed by atoms with Gasteiger partial charge < -0.3 is 10.4 Å². The van der Waals surface area contributed by atoms with Gasteiger partial charge in [-0.15, -0.1) is 0 Å². The summed E-state index contributed by atoms with van der Waals surface area (Å²) in [5.41, 5.74) is 5.60. The number of hydrogen-bond donors (Lipinski definition) is 3. The summed E-state index contributed by atoms with van der Waals surface area (Å²) in [7, 11) is 0. The molecule has 0 fully saturated rings. The molecule has 0 spiro atoms. The summed E-state index contributed by atoms with van der Waals surface area (Å²) in [5.74, 6) is 0.203. The number of nitrogens with zero attached hydrogens (tertiary/aromatic N) is 1. The van der Waals surface area contributed by atoms with Crippen LogP contribution in [0.25, 0.3) is 0 Å². The Bertz CT molecular complexity index is 623. The zero-order chi connectivity index (χ0) is 14.4. The summed E-state index contributed by atoms with van der Waals surface area (Å²) < 4.78 is 0. The van der Waals surface area contributed by atoms with E-state index in [2.05, 4.69) is 15.8 Å². The molecule has 0 aliphatic rings. The minimum atomic E-state index is 0.203. The fourth-order valence-corrected chi connectivity index (χ4v) is 1.74. The average Bonchev–Trinajstić information content (AvgIpc) is 2.41. The average molecular weight is 285 g/mol. The first-order valence-corrected chi connectivity index (χ1v) is 6.50. The number of nitrogens with one attached hydrogen (secondary N) is 2. The number of thiocarbonyl (C=S) groups is 1. The summed E-state index contributed by atoms with van der Waals surface area (Å²) in [4.78, 5) is 0. The molecule has 0 atom stereocenters. The number of anilines is 1. The number of hydrogen-bond acceptors (Lipinski definition) is 3. The van der Waals surface area contributed by atoms with Crippen molar-refractivity contribution >= 4 is 29.2 Å². The highest BCUT2D eigenvalue weighted by Gasteiger charge is 1.95. The molecule has 4 nitrogen and oxygen atoms in total. The number of hydrazone groups is 1. The van der Waals surface area contributed by atoms with E-state index in [4.69, 9.17) is 12.2 Å². The summed E-state index contributed by atoms with van der Waals surface area (Å²) in [5, 5.41) is 16.8. The fraction of sp³-hybridized carbons (Fsp3) is 0.0667. The Kier molecular flexibility index (Phi) is 4.68. The van der Waals surface area contributed by atoms with Crippen LogP contribution in [0.1, 0.15) is 11.1 Å². The molecule has 0 radical (unpaired) electrons. The molecule has 0 aliphatic heterocycles. The second-order valence-corrected chi connectivity index (χ2v) is 4.69. The summed E-state index contributed by atoms with van der Waals surface area (Å²) in [6.07, 6.45) is 1.59. The molecule has 2 rings (SSSR count). The highest BCUT2D eigenvalue weighted by atomic mass is 32.1. The highest BCUT2D eigenvalue weighted by Crippen LogP contribution is 2.09. The van der Waals surface area contributed by atoms with E-state index in [1.807, 2.05) is 37.3 Å². The van der Waals surface area contributed by atoms with Crippen LogP contribution in [0.5, 0.6) is 5.75 Å². The van der Waals surface area contributed by atoms with E-state index < -0.39 is 0 Å². The number of benzene rings is 2. The van der Waals surface area contributed by atoms with Gasteiger partial charge in [-0.25, -0.2) is 0 Å². The van der Waals surface area contributed by atoms with Gasteiger partial charge >= 0.3 is 0 Å². The molecular formula is C15H15N3OS. The van der Waals surface area contributed by atoms with Gasteiger partial charge in [-0.3, -0.25) is 5.43 Å². The molecule has 3 N–H and O–H groups in total. The van der Waals surface area contributed by atoms with E-state index in [9.17, 15) is 5.11 Å². The van der Waals surface area contributed by atoms with Crippen LogP contribution in [-0.4, -0.2) is 16.4 Å². The number of aryl methyl sites for hydroxylation is 1. The van der Waals surface area contributed by atoms with Crippen LogP contribution in [0, 0.1) is 6.92 Å². The lowest BCUT2D eigenvalue weighted by atomic mass is 10.2. The Morgan fingerprint density at radius 2 is 1.95 bits per heavy atom. The van der Waals surface area contributed by atoms with Crippen LogP contribution in [0.15, 0.2) is 53.6 Å². The Balaban J connectivity index is 1.87. The van der Waals surface area contributed by atoms with Crippen LogP contribution >= 0.6 is 12.2 Å². The normalized spacial score (nSPS) is 10.4. The Morgan fingerprint density at radius 1 is 1.20 bits per heavy atom. The second-order valence-electron chi connectivity index (χ2n) is 4.29. The lowest BCUT2D eigenvalue weighted by molar-refractivity contribution is 0.475. The minimum Gasteiger partial charge on any atom is -0.508 e. The molecule has 0 bridgehead atoms. The van der Waals surface area contributed by atoms with Gasteiger partial charge in [-0.1, -0.05) is 29.8 Å². The van der Waals surface area contributed by atoms with Gasteiger partial charge in [0.15, 0.2) is 5.11 Å². The number of phenolic OH excluding ortho intramolecular Hbond substituents is 1. The summed E-state index contributed by atoms with van der Waals surface area (Å²) >= 11 is 5.12. The smallest absolute Gasteiger partial charge is 0.191 e. The van der Waals surface area contributed by atoms with Crippen LogP contribution in [0.2, 0.25) is 0 Å². The zero-order valence-electron chi connectivity index (χ0n) is 11.0. The van der Waals surface area contributed by atoms with Crippen molar-refractivity contribution in [2.45, 2.75) is 6.92 Å². The van der Waals surface area contributed by atoms with E-state index in [0.29, 0.717) is 5.11 Å². The predicted octanol–water partition coefficient (Wildman–Crippen LogP) is 3.02. The zero-order valence-corrected chi connectivity index (χ0v) is 11.8. The van der Waals surface area contributed by atoms with Crippen molar-refractivity contribution in [2.75, 3.05) is 5.32 Å². The molecule has 0 saturated carbocycles. The molecule has 0 amide bonds. The van der Waals surface area contributed by atoms with Crippen molar-refractivity contribution in [3.05, 3.63) is 59.7 Å². The Morgan fingerprint density at radius 3 is 2.65 bits per heavy atom. The Labute approximate surface area is 123 Å². The lowest BCUT2D eigenvalue weighted by Gasteiger charge is -2.06. The maximum absolute atomic E-state index is 9.32. The number of rotatable bonds is 3. The van der Waals surface area contributed by atoms with Gasteiger partial charge in [-0.2, -0.15) is 5.10 Å². The first kappa shape index (κ1) is 14.0. The topological polar surface area (TPSA) is 56.7 Å². The van der Waals surface area contributed by atoms with Crippen molar-refractivity contribution in [1.82, 2.24) is 5.43 Å². The van der Waals surface area contributed by atoms with Gasteiger partial charge in [0, 0.05) is 5.69 Å². The van der Waals surface area contributed by atoms with Gasteiger partial charge in [-0.05, 0) is 49.0 Å². The van der Waals surface area contributed by atoms with Gasteiger partial charge in [0.1, 0.15) is 5.75 Å². The van der Waals surface area contributed by atoms with Crippen LogP contribution in [0.4, 0.5) is 5.69 Å². The van der Waals surface area contributed by atoms with Crippen molar-refractivity contribution in [2.24, 2.45) is 5.10 Å². The SMILES string of the molecule is Cc1ccc(NC(=S)N/N=C/c2cccc(O)c2)cc1. The molecule has 0 aliphatic carbocycles. The number of aromatic hydroxyl groups is 1. The molecule has 0 heterocycles. The molecule has 0 aromatic heterocycles. The van der Waals surface area contributed by atoms with Crippen LogP contribution < -0.4 is 10.7 Å². The van der Waals surface area contributed by atoms with Gasteiger partial charge in [0.25, 0.3) is 0 Å². The van der Waals surface area contributed by atoms with E-state index in [1.165, 1.54) is 5.56 Å². The Hall–Kier alpha value is -2.40. The third-order valence-electron chi connectivity index (χ3n) is 2.56. The van der Waals surface area contributed by atoms with Crippen LogP contribution in [0.3, 0.4) is 0 Å². The minimum absolute atomic E-state index is 0.203. The van der Waals surface area contributed by atoms with Gasteiger partial charge in [0.05, 0.1) is 6.21 Å². The van der Waals surface area contributed by atoms with E-state index >= 15 is 0 Å². The van der Waals surface area contributed by atoms with Crippen molar-refractivity contribution < 1.29 is 5.11 Å². The largest absolute Gasteiger partial charge is 0.508 e. The standard InChI is InChI=1S/C15H15N3OS/c1-11-5-7-13(8-6-11)17-15(20)18-16-10-12-3-2-4-14(19)9-12/h2-10,19H,1H3,(H2,17,18,20)/b16-10+. The third-order valence-corrected chi connectivity index (χ3v) is 2.75.